The number of aliphatic hydroxyl groups excluding tert-OH is 1. The zero-order valence-corrected chi connectivity index (χ0v) is 12.5. The van der Waals surface area contributed by atoms with Gasteiger partial charge in [0.1, 0.15) is 5.60 Å². The Morgan fingerprint density at radius 3 is 3.04 bits per heavy atom. The minimum Gasteiger partial charge on any atom is -0.391 e. The highest BCUT2D eigenvalue weighted by Gasteiger charge is 2.62. The maximum atomic E-state index is 9.16. The van der Waals surface area contributed by atoms with Gasteiger partial charge in [-0.1, -0.05) is 0 Å². The molecule has 3 atom stereocenters. The second-order valence-corrected chi connectivity index (χ2v) is 6.50. The molecule has 0 bridgehead atoms. The lowest BCUT2D eigenvalue weighted by molar-refractivity contribution is -0.0942. The largest absolute Gasteiger partial charge is 0.391 e. The summed E-state index contributed by atoms with van der Waals surface area (Å²) >= 11 is 0. The highest BCUT2D eigenvalue weighted by molar-refractivity contribution is 5.84. The van der Waals surface area contributed by atoms with E-state index in [4.69, 9.17) is 20.3 Å². The van der Waals surface area contributed by atoms with Crippen LogP contribution in [0.5, 0.6) is 0 Å². The van der Waals surface area contributed by atoms with Crippen molar-refractivity contribution in [2.45, 2.75) is 43.2 Å². The minimum absolute atomic E-state index is 0.0899. The van der Waals surface area contributed by atoms with Crippen LogP contribution in [0.1, 0.15) is 25.3 Å². The molecule has 9 nitrogen and oxygen atoms in total. The molecule has 3 heterocycles. The van der Waals surface area contributed by atoms with Gasteiger partial charge < -0.3 is 30.2 Å². The molecule has 9 heteroatoms. The summed E-state index contributed by atoms with van der Waals surface area (Å²) in [5, 5.41) is 12.5. The van der Waals surface area contributed by atoms with Gasteiger partial charge in [-0.3, -0.25) is 0 Å². The number of anilines is 2. The Labute approximate surface area is 131 Å². The normalized spacial score (nSPS) is 32.7. The van der Waals surface area contributed by atoms with Gasteiger partial charge in [-0.25, -0.2) is 4.98 Å². The van der Waals surface area contributed by atoms with Crippen LogP contribution in [0.4, 0.5) is 11.8 Å². The van der Waals surface area contributed by atoms with Crippen LogP contribution in [-0.2, 0) is 9.47 Å². The molecule has 4 N–H and O–H groups in total. The number of nitrogens with one attached hydrogen (secondary N) is 1. The van der Waals surface area contributed by atoms with Gasteiger partial charge in [0.2, 0.25) is 5.95 Å². The van der Waals surface area contributed by atoms with Gasteiger partial charge >= 0.3 is 0 Å². The van der Waals surface area contributed by atoms with E-state index < -0.39 is 6.29 Å². The molecule has 0 radical (unpaired) electrons. The van der Waals surface area contributed by atoms with Crippen molar-refractivity contribution in [1.82, 2.24) is 19.5 Å². The number of nitrogens with zero attached hydrogens (tertiary/aromatic N) is 4. The Balaban J connectivity index is 1.50. The molecule has 3 fully saturated rings. The molecule has 0 aromatic carbocycles. The topological polar surface area (TPSA) is 120 Å². The number of nitrogens with two attached hydrogens (primary N) is 1. The molecule has 2 saturated carbocycles. The van der Waals surface area contributed by atoms with Crippen LogP contribution in [-0.4, -0.2) is 55.8 Å². The van der Waals surface area contributed by atoms with Crippen molar-refractivity contribution in [3.63, 3.8) is 0 Å². The summed E-state index contributed by atoms with van der Waals surface area (Å²) in [4.78, 5) is 13.1. The standard InChI is InChI=1S/C14H18N6O3/c15-13-18-11(17-7-1-2-7)10-12(19-13)20(6-16-10)8-3-14(8)5-22-9(4-21)23-14/h6-9,21H,1-5H2,(H3,15,17,18,19)/t8-,9-,14+/m1/s1. The number of hydrogen-bond acceptors (Lipinski definition) is 8. The zero-order chi connectivity index (χ0) is 15.6. The first-order chi connectivity index (χ1) is 11.2. The Hall–Kier alpha value is -1.97. The molecule has 2 aliphatic carbocycles. The van der Waals surface area contributed by atoms with Crippen LogP contribution in [0.25, 0.3) is 11.2 Å². The number of imidazole rings is 1. The minimum atomic E-state index is -0.540. The lowest BCUT2D eigenvalue weighted by atomic mass is 10.3. The van der Waals surface area contributed by atoms with Gasteiger partial charge in [-0.15, -0.1) is 0 Å². The van der Waals surface area contributed by atoms with E-state index in [1.165, 1.54) is 0 Å². The summed E-state index contributed by atoms with van der Waals surface area (Å²) < 4.78 is 13.3. The van der Waals surface area contributed by atoms with Crippen molar-refractivity contribution in [2.75, 3.05) is 24.3 Å². The van der Waals surface area contributed by atoms with Gasteiger partial charge in [-0.2, -0.15) is 9.97 Å². The molecule has 2 aromatic heterocycles. The Bertz CT molecular complexity index is 775. The molecule has 122 valence electrons. The summed E-state index contributed by atoms with van der Waals surface area (Å²) in [6.07, 6.45) is 4.31. The molecule has 0 unspecified atom stereocenters. The average molecular weight is 318 g/mol. The van der Waals surface area contributed by atoms with Gasteiger partial charge in [-0.05, 0) is 12.8 Å². The Kier molecular flexibility index (Phi) is 2.65. The fourth-order valence-corrected chi connectivity index (χ4v) is 3.24. The van der Waals surface area contributed by atoms with Crippen LogP contribution in [0.2, 0.25) is 0 Å². The molecule has 1 spiro atoms. The number of hydrogen-bond donors (Lipinski definition) is 3. The predicted molar refractivity (Wildman–Crippen MR) is 80.7 cm³/mol. The summed E-state index contributed by atoms with van der Waals surface area (Å²) in [7, 11) is 0. The number of nitrogen functional groups attached to an aromatic ring is 1. The highest BCUT2D eigenvalue weighted by Crippen LogP contribution is 2.55. The third-order valence-electron chi connectivity index (χ3n) is 4.71. The Morgan fingerprint density at radius 2 is 2.30 bits per heavy atom. The van der Waals surface area contributed by atoms with Crippen molar-refractivity contribution < 1.29 is 14.6 Å². The van der Waals surface area contributed by atoms with Crippen molar-refractivity contribution in [2.24, 2.45) is 0 Å². The first-order valence-electron chi connectivity index (χ1n) is 7.85. The van der Waals surface area contributed by atoms with Crippen LogP contribution >= 0.6 is 0 Å². The number of fused-ring (bicyclic) bond motifs is 1. The third-order valence-corrected chi connectivity index (χ3v) is 4.71. The van der Waals surface area contributed by atoms with Gasteiger partial charge in [0.15, 0.2) is 23.3 Å². The monoisotopic (exact) mass is 318 g/mol. The molecule has 5 rings (SSSR count). The molecular weight excluding hydrogens is 300 g/mol. The van der Waals surface area contributed by atoms with E-state index >= 15 is 0 Å². The van der Waals surface area contributed by atoms with Crippen LogP contribution in [0.3, 0.4) is 0 Å². The quantitative estimate of drug-likeness (QED) is 0.722. The highest BCUT2D eigenvalue weighted by atomic mass is 16.7. The molecular formula is C14H18N6O3. The molecule has 1 saturated heterocycles. The fourth-order valence-electron chi connectivity index (χ4n) is 3.24. The second-order valence-electron chi connectivity index (χ2n) is 6.50. The zero-order valence-electron chi connectivity index (χ0n) is 12.5. The van der Waals surface area contributed by atoms with Crippen molar-refractivity contribution in [3.05, 3.63) is 6.33 Å². The number of rotatable bonds is 4. The SMILES string of the molecule is Nc1nc(NC2CC2)c2ncn([C@@H]3C[C@]34CO[C@@H](CO)O4)c2n1. The fraction of sp³-hybridized carbons (Fsp3) is 0.643. The molecule has 1 aliphatic heterocycles. The first-order valence-corrected chi connectivity index (χ1v) is 7.85. The van der Waals surface area contributed by atoms with Crippen LogP contribution in [0.15, 0.2) is 6.33 Å². The van der Waals surface area contributed by atoms with E-state index in [1.54, 1.807) is 6.33 Å². The Morgan fingerprint density at radius 1 is 1.43 bits per heavy atom. The van der Waals surface area contributed by atoms with Gasteiger partial charge in [0.05, 0.1) is 25.6 Å². The lowest BCUT2D eigenvalue weighted by Gasteiger charge is -2.10. The number of aromatic nitrogens is 4. The van der Waals surface area contributed by atoms with E-state index in [-0.39, 0.29) is 24.2 Å². The van der Waals surface area contributed by atoms with Crippen molar-refractivity contribution in [1.29, 1.82) is 0 Å². The first kappa shape index (κ1) is 13.5. The van der Waals surface area contributed by atoms with Crippen molar-refractivity contribution in [3.8, 4) is 0 Å². The molecule has 0 amide bonds. The molecule has 3 aliphatic rings. The number of ether oxygens (including phenoxy) is 2. The van der Waals surface area contributed by atoms with E-state index in [0.29, 0.717) is 24.1 Å². The van der Waals surface area contributed by atoms with Gasteiger partial charge in [0, 0.05) is 12.5 Å². The van der Waals surface area contributed by atoms with Crippen molar-refractivity contribution >= 4 is 22.9 Å². The van der Waals surface area contributed by atoms with E-state index in [0.717, 1.165) is 24.8 Å². The predicted octanol–water partition coefficient (Wildman–Crippen LogP) is 0.0316. The maximum Gasteiger partial charge on any atom is 0.224 e. The van der Waals surface area contributed by atoms with E-state index in [9.17, 15) is 0 Å². The molecule has 2 aromatic rings. The molecule has 23 heavy (non-hydrogen) atoms. The maximum absolute atomic E-state index is 9.16. The summed E-state index contributed by atoms with van der Waals surface area (Å²) in [5.41, 5.74) is 6.92. The average Bonchev–Trinajstić information content (AvgIpc) is 3.37. The van der Waals surface area contributed by atoms with Crippen LogP contribution in [0, 0.1) is 0 Å². The van der Waals surface area contributed by atoms with E-state index in [1.807, 2.05) is 4.57 Å². The smallest absolute Gasteiger partial charge is 0.224 e. The lowest BCUT2D eigenvalue weighted by Crippen LogP contribution is -2.19. The summed E-state index contributed by atoms with van der Waals surface area (Å²) in [6, 6.07) is 0.550. The summed E-state index contributed by atoms with van der Waals surface area (Å²) in [6.45, 7) is 0.333. The summed E-state index contributed by atoms with van der Waals surface area (Å²) in [5.74, 6) is 0.925. The van der Waals surface area contributed by atoms with Gasteiger partial charge in [0.25, 0.3) is 0 Å². The second kappa shape index (κ2) is 4.53. The third kappa shape index (κ3) is 2.07. The number of aliphatic hydroxyl groups is 1. The van der Waals surface area contributed by atoms with E-state index in [2.05, 4.69) is 20.3 Å². The van der Waals surface area contributed by atoms with Crippen LogP contribution < -0.4 is 11.1 Å².